The number of likely N-dealkylation sites (tertiary alicyclic amines) is 1. The molecular weight excluding hydrogens is 362 g/mol. The van der Waals surface area contributed by atoms with Crippen molar-refractivity contribution in [2.24, 2.45) is 11.8 Å². The molecule has 0 aliphatic carbocycles. The molecule has 2 unspecified atom stereocenters. The van der Waals surface area contributed by atoms with Gasteiger partial charge in [0.25, 0.3) is 5.91 Å². The second kappa shape index (κ2) is 6.81. The van der Waals surface area contributed by atoms with Crippen LogP contribution in [0.1, 0.15) is 28.7 Å². The van der Waals surface area contributed by atoms with Gasteiger partial charge in [0.05, 0.1) is 22.2 Å². The van der Waals surface area contributed by atoms with Crippen molar-refractivity contribution in [3.63, 3.8) is 0 Å². The summed E-state index contributed by atoms with van der Waals surface area (Å²) < 4.78 is 1.87. The van der Waals surface area contributed by atoms with E-state index >= 15 is 0 Å². The molecule has 2 atom stereocenters. The molecule has 7 heteroatoms. The average molecular weight is 383 g/mol. The van der Waals surface area contributed by atoms with Crippen molar-refractivity contribution in [3.8, 4) is 5.69 Å². The van der Waals surface area contributed by atoms with E-state index < -0.39 is 11.9 Å². The summed E-state index contributed by atoms with van der Waals surface area (Å²) in [6.45, 7) is 4.81. The third-order valence-electron chi connectivity index (χ3n) is 5.05. The molecular formula is C20H21N3O3S. The van der Waals surface area contributed by atoms with Crippen molar-refractivity contribution in [2.75, 3.05) is 13.1 Å². The maximum absolute atomic E-state index is 13.1. The number of piperidine rings is 1. The van der Waals surface area contributed by atoms with Gasteiger partial charge >= 0.3 is 5.97 Å². The van der Waals surface area contributed by atoms with Gasteiger partial charge in [0, 0.05) is 18.5 Å². The van der Waals surface area contributed by atoms with E-state index in [0.717, 1.165) is 21.6 Å². The fraction of sp³-hybridized carbons (Fsp3) is 0.350. The molecule has 0 radical (unpaired) electrons. The number of aromatic nitrogens is 2. The average Bonchev–Trinajstić information content (AvgIpc) is 3.22. The molecule has 6 nitrogen and oxygen atoms in total. The molecule has 27 heavy (non-hydrogen) atoms. The zero-order chi connectivity index (χ0) is 19.1. The first-order valence-electron chi connectivity index (χ1n) is 9.00. The number of carbonyl (C=O) groups is 2. The van der Waals surface area contributed by atoms with Crippen LogP contribution in [0.4, 0.5) is 0 Å². The third kappa shape index (κ3) is 3.23. The molecule has 2 aromatic heterocycles. The van der Waals surface area contributed by atoms with Gasteiger partial charge in [-0.15, -0.1) is 11.3 Å². The van der Waals surface area contributed by atoms with Crippen LogP contribution in [-0.4, -0.2) is 44.8 Å². The molecule has 3 heterocycles. The summed E-state index contributed by atoms with van der Waals surface area (Å²) in [4.78, 5) is 27.7. The highest BCUT2D eigenvalue weighted by Crippen LogP contribution is 2.32. The Labute approximate surface area is 161 Å². The summed E-state index contributed by atoms with van der Waals surface area (Å²) in [6, 6.07) is 11.7. The smallest absolute Gasteiger partial charge is 0.308 e. The van der Waals surface area contributed by atoms with Crippen LogP contribution in [0.5, 0.6) is 0 Å². The van der Waals surface area contributed by atoms with Gasteiger partial charge in [-0.3, -0.25) is 9.59 Å². The summed E-state index contributed by atoms with van der Waals surface area (Å²) in [5.74, 6) is -1.23. The Hall–Kier alpha value is -2.67. The Morgan fingerprint density at radius 3 is 2.67 bits per heavy atom. The molecule has 1 aliphatic heterocycles. The summed E-state index contributed by atoms with van der Waals surface area (Å²) in [5, 5.41) is 14.9. The van der Waals surface area contributed by atoms with E-state index in [2.05, 4.69) is 5.10 Å². The maximum Gasteiger partial charge on any atom is 0.308 e. The second-order valence-electron chi connectivity index (χ2n) is 7.25. The standard InChI is InChI=1S/C20H21N3O3S/c1-12-8-14(20(25)26)11-22(10-12)18(24)17-9-16-13(2)21-23(19(16)27-17)15-6-4-3-5-7-15/h3-7,9,12,14H,8,10-11H2,1-2H3,(H,25,26). The minimum absolute atomic E-state index is 0.0898. The van der Waals surface area contributed by atoms with Gasteiger partial charge in [-0.25, -0.2) is 4.68 Å². The minimum atomic E-state index is -0.828. The zero-order valence-corrected chi connectivity index (χ0v) is 16.1. The number of hydrogen-bond acceptors (Lipinski definition) is 4. The van der Waals surface area contributed by atoms with Gasteiger partial charge in [0.2, 0.25) is 0 Å². The van der Waals surface area contributed by atoms with Crippen molar-refractivity contribution in [3.05, 3.63) is 47.0 Å². The number of carboxylic acids is 1. The Kier molecular flexibility index (Phi) is 4.47. The van der Waals surface area contributed by atoms with Gasteiger partial charge in [-0.2, -0.15) is 5.10 Å². The number of aryl methyl sites for hydroxylation is 1. The van der Waals surface area contributed by atoms with Crippen molar-refractivity contribution < 1.29 is 14.7 Å². The highest BCUT2D eigenvalue weighted by molar-refractivity contribution is 7.20. The number of thiophene rings is 1. The number of fused-ring (bicyclic) bond motifs is 1. The van der Waals surface area contributed by atoms with Crippen molar-refractivity contribution >= 4 is 33.4 Å². The number of nitrogens with zero attached hydrogens (tertiary/aromatic N) is 3. The number of amides is 1. The van der Waals surface area contributed by atoms with E-state index in [1.807, 2.05) is 54.9 Å². The first kappa shape index (κ1) is 17.7. The largest absolute Gasteiger partial charge is 0.481 e. The molecule has 3 aromatic rings. The fourth-order valence-corrected chi connectivity index (χ4v) is 4.90. The van der Waals surface area contributed by atoms with E-state index in [4.69, 9.17) is 0 Å². The predicted molar refractivity (Wildman–Crippen MR) is 104 cm³/mol. The molecule has 1 amide bonds. The Bertz CT molecular complexity index is 1010. The predicted octanol–water partition coefficient (Wildman–Crippen LogP) is 3.58. The Balaban J connectivity index is 1.68. The SMILES string of the molecule is Cc1nn(-c2ccccc2)c2sc(C(=O)N3CC(C)CC(C(=O)O)C3)cc12. The maximum atomic E-state index is 13.1. The van der Waals surface area contributed by atoms with Gasteiger partial charge in [0.15, 0.2) is 0 Å². The molecule has 1 fully saturated rings. The molecule has 0 spiro atoms. The number of benzene rings is 1. The van der Waals surface area contributed by atoms with Crippen LogP contribution in [0.15, 0.2) is 36.4 Å². The van der Waals surface area contributed by atoms with Crippen molar-refractivity contribution in [1.82, 2.24) is 14.7 Å². The van der Waals surface area contributed by atoms with Crippen LogP contribution in [0.2, 0.25) is 0 Å². The van der Waals surface area contributed by atoms with Crippen LogP contribution in [0.25, 0.3) is 15.9 Å². The highest BCUT2D eigenvalue weighted by atomic mass is 32.1. The van der Waals surface area contributed by atoms with E-state index in [1.165, 1.54) is 11.3 Å². The molecule has 1 aromatic carbocycles. The lowest BCUT2D eigenvalue weighted by Crippen LogP contribution is -2.45. The van der Waals surface area contributed by atoms with Crippen molar-refractivity contribution in [2.45, 2.75) is 20.3 Å². The van der Waals surface area contributed by atoms with E-state index in [0.29, 0.717) is 17.8 Å². The number of aliphatic carboxylic acids is 1. The quantitative estimate of drug-likeness (QED) is 0.750. The van der Waals surface area contributed by atoms with Crippen LogP contribution in [0, 0.1) is 18.8 Å². The monoisotopic (exact) mass is 383 g/mol. The Morgan fingerprint density at radius 2 is 1.96 bits per heavy atom. The first-order chi connectivity index (χ1) is 12.9. The molecule has 0 bridgehead atoms. The summed E-state index contributed by atoms with van der Waals surface area (Å²) in [7, 11) is 0. The minimum Gasteiger partial charge on any atom is -0.481 e. The molecule has 1 aliphatic rings. The summed E-state index contributed by atoms with van der Waals surface area (Å²) in [6.07, 6.45) is 0.619. The van der Waals surface area contributed by atoms with Crippen LogP contribution < -0.4 is 0 Å². The lowest BCUT2D eigenvalue weighted by molar-refractivity contribution is -0.143. The lowest BCUT2D eigenvalue weighted by Gasteiger charge is -2.34. The Morgan fingerprint density at radius 1 is 1.22 bits per heavy atom. The number of carbonyl (C=O) groups excluding carboxylic acids is 1. The topological polar surface area (TPSA) is 75.4 Å². The van der Waals surface area contributed by atoms with Crippen molar-refractivity contribution in [1.29, 1.82) is 0 Å². The summed E-state index contributed by atoms with van der Waals surface area (Å²) in [5.41, 5.74) is 1.83. The fourth-order valence-electron chi connectivity index (χ4n) is 3.75. The number of carboxylic acid groups (broad SMARTS) is 1. The zero-order valence-electron chi connectivity index (χ0n) is 15.3. The van der Waals surface area contributed by atoms with Gasteiger partial charge < -0.3 is 10.0 Å². The van der Waals surface area contributed by atoms with Crippen LogP contribution in [0.3, 0.4) is 0 Å². The molecule has 1 saturated heterocycles. The number of hydrogen-bond donors (Lipinski definition) is 1. The molecule has 4 rings (SSSR count). The molecule has 0 saturated carbocycles. The van der Waals surface area contributed by atoms with Crippen LogP contribution in [-0.2, 0) is 4.79 Å². The van der Waals surface area contributed by atoms with E-state index in [9.17, 15) is 14.7 Å². The summed E-state index contributed by atoms with van der Waals surface area (Å²) >= 11 is 1.41. The third-order valence-corrected chi connectivity index (χ3v) is 6.15. The second-order valence-corrected chi connectivity index (χ2v) is 8.28. The number of rotatable bonds is 3. The van der Waals surface area contributed by atoms with Gasteiger partial charge in [-0.1, -0.05) is 25.1 Å². The van der Waals surface area contributed by atoms with E-state index in [-0.39, 0.29) is 18.4 Å². The first-order valence-corrected chi connectivity index (χ1v) is 9.82. The number of para-hydroxylation sites is 1. The van der Waals surface area contributed by atoms with Crippen LogP contribution >= 0.6 is 11.3 Å². The van der Waals surface area contributed by atoms with Gasteiger partial charge in [0.1, 0.15) is 4.83 Å². The van der Waals surface area contributed by atoms with Gasteiger partial charge in [-0.05, 0) is 37.5 Å². The lowest BCUT2D eigenvalue weighted by atomic mass is 9.90. The molecule has 140 valence electrons. The normalized spacial score (nSPS) is 20.1. The highest BCUT2D eigenvalue weighted by Gasteiger charge is 2.33. The molecule has 1 N–H and O–H groups in total. The van der Waals surface area contributed by atoms with E-state index in [1.54, 1.807) is 4.90 Å².